The molecule has 136 valence electrons. The maximum Gasteiger partial charge on any atom is 0.270 e. The summed E-state index contributed by atoms with van der Waals surface area (Å²) in [5, 5.41) is 13.6. The minimum atomic E-state index is -4.09. The van der Waals surface area contributed by atoms with Gasteiger partial charge in [-0.2, -0.15) is 4.31 Å². The van der Waals surface area contributed by atoms with Gasteiger partial charge in [0.2, 0.25) is 15.9 Å². The summed E-state index contributed by atoms with van der Waals surface area (Å²) < 4.78 is 27.3. The fraction of sp³-hybridized carbons (Fsp3) is 0.235. The van der Waals surface area contributed by atoms with Gasteiger partial charge in [-0.1, -0.05) is 35.9 Å². The number of aryl methyl sites for hydroxylation is 1. The molecule has 1 saturated heterocycles. The Morgan fingerprint density at radius 1 is 1.19 bits per heavy atom. The monoisotopic (exact) mass is 375 g/mol. The van der Waals surface area contributed by atoms with Gasteiger partial charge in [0.05, 0.1) is 9.82 Å². The minimum Gasteiger partial charge on any atom is -0.353 e. The second-order valence-corrected chi connectivity index (χ2v) is 7.87. The lowest BCUT2D eigenvalue weighted by atomic mass is 10.0. The topological polar surface area (TPSA) is 110 Å². The number of piperazine rings is 1. The Balaban J connectivity index is 2.06. The van der Waals surface area contributed by atoms with E-state index < -0.39 is 26.9 Å². The van der Waals surface area contributed by atoms with E-state index in [0.29, 0.717) is 5.56 Å². The number of hydrogen-bond acceptors (Lipinski definition) is 5. The summed E-state index contributed by atoms with van der Waals surface area (Å²) >= 11 is 0. The van der Waals surface area contributed by atoms with E-state index in [1.165, 1.54) is 18.2 Å². The lowest BCUT2D eigenvalue weighted by molar-refractivity contribution is -0.385. The SMILES string of the molecule is Cc1ccc(C2C(=O)NCCN2S(=O)(=O)c2cccc([N+](=O)[O-])c2)cc1. The fourth-order valence-corrected chi connectivity index (χ4v) is 4.48. The molecule has 1 N–H and O–H groups in total. The molecule has 1 atom stereocenters. The first-order valence-corrected chi connectivity index (χ1v) is 9.35. The van der Waals surface area contributed by atoms with Gasteiger partial charge in [-0.15, -0.1) is 0 Å². The molecule has 1 unspecified atom stereocenters. The second-order valence-electron chi connectivity index (χ2n) is 5.97. The third-order valence-corrected chi connectivity index (χ3v) is 6.06. The Bertz CT molecular complexity index is 957. The van der Waals surface area contributed by atoms with Crippen LogP contribution in [0.4, 0.5) is 5.69 Å². The van der Waals surface area contributed by atoms with Gasteiger partial charge in [-0.25, -0.2) is 8.42 Å². The summed E-state index contributed by atoms with van der Waals surface area (Å²) in [6, 6.07) is 10.8. The summed E-state index contributed by atoms with van der Waals surface area (Å²) in [4.78, 5) is 22.5. The molecule has 1 fully saturated rings. The Kier molecular flexibility index (Phi) is 4.75. The van der Waals surface area contributed by atoms with Gasteiger partial charge in [0.1, 0.15) is 6.04 Å². The molecule has 8 nitrogen and oxygen atoms in total. The van der Waals surface area contributed by atoms with Gasteiger partial charge in [0.25, 0.3) is 5.69 Å². The number of carbonyl (C=O) groups is 1. The molecular weight excluding hydrogens is 358 g/mol. The van der Waals surface area contributed by atoms with E-state index in [9.17, 15) is 23.3 Å². The Morgan fingerprint density at radius 2 is 1.88 bits per heavy atom. The van der Waals surface area contributed by atoms with Crippen molar-refractivity contribution in [3.63, 3.8) is 0 Å². The molecule has 1 aliphatic rings. The average Bonchev–Trinajstić information content (AvgIpc) is 2.62. The normalized spacial score (nSPS) is 18.3. The van der Waals surface area contributed by atoms with Crippen molar-refractivity contribution in [1.29, 1.82) is 0 Å². The van der Waals surface area contributed by atoms with Crippen molar-refractivity contribution in [2.75, 3.05) is 13.1 Å². The second kappa shape index (κ2) is 6.85. The molecule has 26 heavy (non-hydrogen) atoms. The first-order valence-electron chi connectivity index (χ1n) is 7.91. The highest BCUT2D eigenvalue weighted by atomic mass is 32.2. The van der Waals surface area contributed by atoms with Crippen LogP contribution in [0.5, 0.6) is 0 Å². The standard InChI is InChI=1S/C17H17N3O5S/c1-12-5-7-13(8-6-12)16-17(21)18-9-10-19(16)26(24,25)15-4-2-3-14(11-15)20(22)23/h2-8,11,16H,9-10H2,1H3,(H,18,21). The Morgan fingerprint density at radius 3 is 2.54 bits per heavy atom. The zero-order valence-electron chi connectivity index (χ0n) is 14.0. The van der Waals surface area contributed by atoms with Crippen molar-refractivity contribution in [3.05, 3.63) is 69.8 Å². The van der Waals surface area contributed by atoms with Crippen LogP contribution in [0.1, 0.15) is 17.2 Å². The van der Waals surface area contributed by atoms with Crippen molar-refractivity contribution >= 4 is 21.6 Å². The predicted molar refractivity (Wildman–Crippen MR) is 93.9 cm³/mol. The van der Waals surface area contributed by atoms with Crippen molar-refractivity contribution in [1.82, 2.24) is 9.62 Å². The van der Waals surface area contributed by atoms with Gasteiger partial charge >= 0.3 is 0 Å². The smallest absolute Gasteiger partial charge is 0.270 e. The predicted octanol–water partition coefficient (Wildman–Crippen LogP) is 1.77. The third-order valence-electron chi connectivity index (χ3n) is 4.20. The highest BCUT2D eigenvalue weighted by Crippen LogP contribution is 2.31. The van der Waals surface area contributed by atoms with Gasteiger partial charge in [0, 0.05) is 25.2 Å². The molecular formula is C17H17N3O5S. The van der Waals surface area contributed by atoms with Crippen LogP contribution in [0, 0.1) is 17.0 Å². The number of nitrogens with one attached hydrogen (secondary N) is 1. The Labute approximate surface area is 150 Å². The quantitative estimate of drug-likeness (QED) is 0.647. The van der Waals surface area contributed by atoms with E-state index in [4.69, 9.17) is 0 Å². The van der Waals surface area contributed by atoms with Gasteiger partial charge in [-0.05, 0) is 18.6 Å². The molecule has 1 aliphatic heterocycles. The fourth-order valence-electron chi connectivity index (χ4n) is 2.86. The lowest BCUT2D eigenvalue weighted by Crippen LogP contribution is -2.52. The van der Waals surface area contributed by atoms with Crippen molar-refractivity contribution < 1.29 is 18.1 Å². The Hall–Kier alpha value is -2.78. The third kappa shape index (κ3) is 3.31. The molecule has 0 bridgehead atoms. The van der Waals surface area contributed by atoms with Crippen LogP contribution in [0.15, 0.2) is 53.4 Å². The molecule has 9 heteroatoms. The number of rotatable bonds is 4. The molecule has 1 heterocycles. The molecule has 1 amide bonds. The van der Waals surface area contributed by atoms with Crippen LogP contribution >= 0.6 is 0 Å². The summed E-state index contributed by atoms with van der Waals surface area (Å²) in [6.07, 6.45) is 0. The van der Waals surface area contributed by atoms with E-state index in [1.54, 1.807) is 24.3 Å². The van der Waals surface area contributed by atoms with Gasteiger partial charge < -0.3 is 5.32 Å². The summed E-state index contributed by atoms with van der Waals surface area (Å²) in [5.74, 6) is -0.422. The largest absolute Gasteiger partial charge is 0.353 e. The van der Waals surface area contributed by atoms with E-state index in [-0.39, 0.29) is 23.7 Å². The lowest BCUT2D eigenvalue weighted by Gasteiger charge is -2.34. The first-order chi connectivity index (χ1) is 12.3. The molecule has 2 aromatic carbocycles. The number of hydrogen-bond donors (Lipinski definition) is 1. The molecule has 2 aromatic rings. The van der Waals surface area contributed by atoms with E-state index in [0.717, 1.165) is 15.9 Å². The van der Waals surface area contributed by atoms with Crippen LogP contribution in [0.25, 0.3) is 0 Å². The number of amides is 1. The number of nitro benzene ring substituents is 1. The molecule has 0 aliphatic carbocycles. The number of nitrogens with zero attached hydrogens (tertiary/aromatic N) is 2. The zero-order chi connectivity index (χ0) is 18.9. The van der Waals surface area contributed by atoms with E-state index >= 15 is 0 Å². The molecule has 3 rings (SSSR count). The van der Waals surface area contributed by atoms with Crippen LogP contribution in [-0.2, 0) is 14.8 Å². The maximum absolute atomic E-state index is 13.1. The summed E-state index contributed by atoms with van der Waals surface area (Å²) in [6.45, 7) is 2.15. The van der Waals surface area contributed by atoms with Crippen molar-refractivity contribution in [2.24, 2.45) is 0 Å². The summed E-state index contributed by atoms with van der Waals surface area (Å²) in [5.41, 5.74) is 1.21. The average molecular weight is 375 g/mol. The highest BCUT2D eigenvalue weighted by molar-refractivity contribution is 7.89. The number of carbonyl (C=O) groups excluding carboxylic acids is 1. The first kappa shape index (κ1) is 18.0. The zero-order valence-corrected chi connectivity index (χ0v) is 14.8. The van der Waals surface area contributed by atoms with E-state index in [2.05, 4.69) is 5.32 Å². The van der Waals surface area contributed by atoms with Gasteiger partial charge in [-0.3, -0.25) is 14.9 Å². The van der Waals surface area contributed by atoms with E-state index in [1.807, 2.05) is 6.92 Å². The molecule has 0 aromatic heterocycles. The van der Waals surface area contributed by atoms with Crippen LogP contribution in [0.3, 0.4) is 0 Å². The summed E-state index contributed by atoms with van der Waals surface area (Å²) in [7, 11) is -4.09. The molecule has 0 spiro atoms. The maximum atomic E-state index is 13.1. The number of non-ortho nitro benzene ring substituents is 1. The highest BCUT2D eigenvalue weighted by Gasteiger charge is 2.39. The number of nitro groups is 1. The van der Waals surface area contributed by atoms with Crippen LogP contribution in [-0.4, -0.2) is 36.6 Å². The van der Waals surface area contributed by atoms with Crippen molar-refractivity contribution in [2.45, 2.75) is 17.9 Å². The number of benzene rings is 2. The minimum absolute atomic E-state index is 0.0787. The number of sulfonamides is 1. The van der Waals surface area contributed by atoms with Crippen LogP contribution in [0.2, 0.25) is 0 Å². The van der Waals surface area contributed by atoms with Crippen LogP contribution < -0.4 is 5.32 Å². The van der Waals surface area contributed by atoms with Gasteiger partial charge in [0.15, 0.2) is 0 Å². The molecule has 0 saturated carbocycles. The molecule has 0 radical (unpaired) electrons. The van der Waals surface area contributed by atoms with Crippen molar-refractivity contribution in [3.8, 4) is 0 Å².